The number of nitrogens with one attached hydrogen (secondary N) is 1. The van der Waals surface area contributed by atoms with Crippen LogP contribution in [0.4, 0.5) is 9.18 Å². The van der Waals surface area contributed by atoms with Crippen molar-refractivity contribution in [2.24, 2.45) is 5.92 Å². The molecule has 0 bridgehead atoms. The highest BCUT2D eigenvalue weighted by Gasteiger charge is 2.36. The second-order valence-electron chi connectivity index (χ2n) is 8.61. The molecule has 2 aliphatic rings. The SMILES string of the molecule is COC(=O)N1CCC(N[S+]([O-])N(C)C)C(COC2CCC(c3cccc(F)c3)CC2)C1. The minimum atomic E-state index is -1.29. The number of carbonyl (C=O) groups is 1. The van der Waals surface area contributed by atoms with Crippen LogP contribution in [-0.2, 0) is 21.0 Å². The Balaban J connectivity index is 1.53. The second kappa shape index (κ2) is 11.5. The van der Waals surface area contributed by atoms with Gasteiger partial charge in [0.1, 0.15) is 17.4 Å². The molecule has 0 spiro atoms. The smallest absolute Gasteiger partial charge is 0.409 e. The highest BCUT2D eigenvalue weighted by molar-refractivity contribution is 7.87. The number of hydrogen-bond donors (Lipinski definition) is 1. The summed E-state index contributed by atoms with van der Waals surface area (Å²) in [6, 6.07) is 6.88. The van der Waals surface area contributed by atoms with Crippen LogP contribution in [-0.4, -0.2) is 72.9 Å². The molecule has 3 atom stereocenters. The van der Waals surface area contributed by atoms with Crippen LogP contribution in [0, 0.1) is 11.7 Å². The van der Waals surface area contributed by atoms with Crippen molar-refractivity contribution >= 4 is 17.6 Å². The molecule has 1 N–H and O–H groups in total. The second-order valence-corrected chi connectivity index (χ2v) is 10.1. The molecule has 3 rings (SSSR count). The average molecular weight is 456 g/mol. The number of halogens is 1. The molecule has 2 fully saturated rings. The highest BCUT2D eigenvalue weighted by atomic mass is 32.2. The number of amides is 1. The van der Waals surface area contributed by atoms with Crippen molar-refractivity contribution in [1.82, 2.24) is 13.9 Å². The molecule has 1 aliphatic heterocycles. The molecule has 9 heteroatoms. The fraction of sp³-hybridized carbons (Fsp3) is 0.682. The van der Waals surface area contributed by atoms with Gasteiger partial charge in [-0.1, -0.05) is 12.1 Å². The van der Waals surface area contributed by atoms with Crippen molar-refractivity contribution in [3.05, 3.63) is 35.6 Å². The van der Waals surface area contributed by atoms with Gasteiger partial charge in [0.25, 0.3) is 0 Å². The Morgan fingerprint density at radius 3 is 2.68 bits per heavy atom. The summed E-state index contributed by atoms with van der Waals surface area (Å²) in [5.74, 6) is 0.214. The first kappa shape index (κ1) is 24.3. The first-order valence-electron chi connectivity index (χ1n) is 10.9. The molecule has 1 amide bonds. The number of carbonyl (C=O) groups excluding carboxylic acids is 1. The number of ether oxygens (including phenoxy) is 2. The van der Waals surface area contributed by atoms with Gasteiger partial charge in [0.2, 0.25) is 0 Å². The third kappa shape index (κ3) is 6.79. The lowest BCUT2D eigenvalue weighted by atomic mass is 9.82. The van der Waals surface area contributed by atoms with Gasteiger partial charge in [0.15, 0.2) is 0 Å². The minimum Gasteiger partial charge on any atom is -0.579 e. The van der Waals surface area contributed by atoms with Gasteiger partial charge in [-0.25, -0.2) is 9.18 Å². The highest BCUT2D eigenvalue weighted by Crippen LogP contribution is 2.34. The van der Waals surface area contributed by atoms with E-state index < -0.39 is 11.5 Å². The molecule has 0 radical (unpaired) electrons. The first-order chi connectivity index (χ1) is 14.9. The average Bonchev–Trinajstić information content (AvgIpc) is 2.78. The van der Waals surface area contributed by atoms with Crippen LogP contribution in [0.2, 0.25) is 0 Å². The van der Waals surface area contributed by atoms with Crippen molar-refractivity contribution in [3.63, 3.8) is 0 Å². The van der Waals surface area contributed by atoms with E-state index in [1.165, 1.54) is 13.2 Å². The lowest BCUT2D eigenvalue weighted by molar-refractivity contribution is -0.0159. The van der Waals surface area contributed by atoms with E-state index in [0.29, 0.717) is 32.0 Å². The minimum absolute atomic E-state index is 0.00669. The normalized spacial score (nSPS) is 27.9. The molecular weight excluding hydrogens is 421 g/mol. The number of benzene rings is 1. The molecule has 1 saturated heterocycles. The lowest BCUT2D eigenvalue weighted by Crippen LogP contribution is -2.55. The topological polar surface area (TPSA) is 77.1 Å². The molecule has 31 heavy (non-hydrogen) atoms. The van der Waals surface area contributed by atoms with E-state index in [4.69, 9.17) is 9.47 Å². The molecule has 7 nitrogen and oxygen atoms in total. The Morgan fingerprint density at radius 1 is 1.29 bits per heavy atom. The summed E-state index contributed by atoms with van der Waals surface area (Å²) in [5.41, 5.74) is 1.06. The van der Waals surface area contributed by atoms with E-state index >= 15 is 0 Å². The van der Waals surface area contributed by atoms with E-state index in [1.807, 2.05) is 6.07 Å². The van der Waals surface area contributed by atoms with Crippen molar-refractivity contribution in [2.75, 3.05) is 40.9 Å². The Bertz CT molecular complexity index is 718. The summed E-state index contributed by atoms with van der Waals surface area (Å²) in [6.45, 7) is 1.56. The molecule has 0 aromatic heterocycles. The summed E-state index contributed by atoms with van der Waals surface area (Å²) in [7, 11) is 4.90. The number of piperidine rings is 1. The van der Waals surface area contributed by atoms with Gasteiger partial charge in [0, 0.05) is 33.1 Å². The third-order valence-corrected chi connectivity index (χ3v) is 7.46. The molecule has 1 aliphatic carbocycles. The largest absolute Gasteiger partial charge is 0.579 e. The molecule has 1 aromatic carbocycles. The van der Waals surface area contributed by atoms with Gasteiger partial charge in [-0.15, -0.1) is 9.03 Å². The van der Waals surface area contributed by atoms with Crippen LogP contribution in [0.25, 0.3) is 0 Å². The Morgan fingerprint density at radius 2 is 2.03 bits per heavy atom. The van der Waals surface area contributed by atoms with E-state index in [1.54, 1.807) is 35.4 Å². The molecule has 3 unspecified atom stereocenters. The number of methoxy groups -OCH3 is 1. The third-order valence-electron chi connectivity index (χ3n) is 6.29. The zero-order chi connectivity index (χ0) is 22.4. The van der Waals surface area contributed by atoms with E-state index in [-0.39, 0.29) is 30.0 Å². The summed E-state index contributed by atoms with van der Waals surface area (Å²) >= 11 is -1.29. The Hall–Kier alpha value is -1.39. The van der Waals surface area contributed by atoms with Crippen molar-refractivity contribution in [3.8, 4) is 0 Å². The maximum Gasteiger partial charge on any atom is 0.409 e. The fourth-order valence-electron chi connectivity index (χ4n) is 4.47. The summed E-state index contributed by atoms with van der Waals surface area (Å²) in [5, 5.41) is 0. The summed E-state index contributed by atoms with van der Waals surface area (Å²) in [4.78, 5) is 13.7. The van der Waals surface area contributed by atoms with E-state index in [9.17, 15) is 13.7 Å². The van der Waals surface area contributed by atoms with Crippen molar-refractivity contribution < 1.29 is 23.2 Å². The number of hydrogen-bond acceptors (Lipinski definition) is 6. The zero-order valence-electron chi connectivity index (χ0n) is 18.6. The zero-order valence-corrected chi connectivity index (χ0v) is 19.4. The van der Waals surface area contributed by atoms with Crippen LogP contribution >= 0.6 is 0 Å². The van der Waals surface area contributed by atoms with Crippen LogP contribution in [0.15, 0.2) is 24.3 Å². The van der Waals surface area contributed by atoms with Gasteiger partial charge in [0.05, 0.1) is 25.9 Å². The van der Waals surface area contributed by atoms with Crippen LogP contribution in [0.5, 0.6) is 0 Å². The Kier molecular flexibility index (Phi) is 8.97. The summed E-state index contributed by atoms with van der Waals surface area (Å²) < 4.78 is 41.7. The number of rotatable bonds is 7. The van der Waals surface area contributed by atoms with Crippen LogP contribution in [0.1, 0.15) is 43.6 Å². The van der Waals surface area contributed by atoms with Gasteiger partial charge < -0.3 is 18.9 Å². The molecule has 1 saturated carbocycles. The first-order valence-corrected chi connectivity index (χ1v) is 12.0. The standard InChI is InChI=1S/C22H34FN3O4S/c1-25(2)31(28)24-21-11-12-26(22(27)29-3)14-18(21)15-30-20-9-7-16(8-10-20)17-5-4-6-19(23)13-17/h4-6,13,16,18,20-21,24H,7-12,14-15H2,1-3H3. The Labute approximate surface area is 187 Å². The monoisotopic (exact) mass is 455 g/mol. The number of nitrogens with zero attached hydrogens (tertiary/aromatic N) is 2. The van der Waals surface area contributed by atoms with Crippen molar-refractivity contribution in [1.29, 1.82) is 0 Å². The van der Waals surface area contributed by atoms with Crippen molar-refractivity contribution in [2.45, 2.75) is 50.2 Å². The predicted octanol–water partition coefficient (Wildman–Crippen LogP) is 3.06. The predicted molar refractivity (Wildman–Crippen MR) is 118 cm³/mol. The maximum absolute atomic E-state index is 13.5. The van der Waals surface area contributed by atoms with E-state index in [2.05, 4.69) is 4.72 Å². The molecule has 1 aromatic rings. The number of likely N-dealkylation sites (tertiary alicyclic amines) is 1. The quantitative estimate of drug-likeness (QED) is 0.637. The van der Waals surface area contributed by atoms with Gasteiger partial charge in [-0.05, 0) is 55.7 Å². The van der Waals surface area contributed by atoms with Gasteiger partial charge in [-0.2, -0.15) is 0 Å². The lowest BCUT2D eigenvalue weighted by Gasteiger charge is -2.39. The van der Waals surface area contributed by atoms with Crippen LogP contribution < -0.4 is 4.72 Å². The van der Waals surface area contributed by atoms with Crippen LogP contribution in [0.3, 0.4) is 0 Å². The molecule has 1 heterocycles. The van der Waals surface area contributed by atoms with Gasteiger partial charge >= 0.3 is 6.09 Å². The molecular formula is C22H34FN3O4S. The van der Waals surface area contributed by atoms with Gasteiger partial charge in [-0.3, -0.25) is 0 Å². The summed E-state index contributed by atoms with van der Waals surface area (Å²) in [6.07, 6.45) is 4.30. The maximum atomic E-state index is 13.5. The fourth-order valence-corrected chi connectivity index (χ4v) is 5.25. The van der Waals surface area contributed by atoms with E-state index in [0.717, 1.165) is 31.2 Å². The molecule has 174 valence electrons.